The van der Waals surface area contributed by atoms with Crippen LogP contribution in [0, 0.1) is 0 Å². The fourth-order valence-corrected chi connectivity index (χ4v) is 3.94. The van der Waals surface area contributed by atoms with Gasteiger partial charge in [0.1, 0.15) is 0 Å². The van der Waals surface area contributed by atoms with Crippen LogP contribution >= 0.6 is 35.6 Å². The Morgan fingerprint density at radius 3 is 2.20 bits per heavy atom. The molecule has 3 rings (SSSR count). The van der Waals surface area contributed by atoms with Crippen molar-refractivity contribution in [2.75, 3.05) is 4.90 Å². The summed E-state index contributed by atoms with van der Waals surface area (Å²) in [5.41, 5.74) is 3.10. The summed E-state index contributed by atoms with van der Waals surface area (Å²) in [5.74, 6) is -0.0998. The van der Waals surface area contributed by atoms with Crippen molar-refractivity contribution in [3.05, 3.63) is 69.6 Å². The van der Waals surface area contributed by atoms with Gasteiger partial charge in [-0.1, -0.05) is 80.6 Å². The van der Waals surface area contributed by atoms with Crippen LogP contribution in [0.25, 0.3) is 6.08 Å². The highest BCUT2D eigenvalue weighted by molar-refractivity contribution is 8.27. The molecule has 128 valence electrons. The number of anilines is 1. The Morgan fingerprint density at radius 1 is 1.04 bits per heavy atom. The molecule has 0 atom stereocenters. The molecule has 1 heterocycles. The molecule has 5 heteroatoms. The van der Waals surface area contributed by atoms with E-state index in [2.05, 4.69) is 32.9 Å². The smallest absolute Gasteiger partial charge is 0.268 e. The summed E-state index contributed by atoms with van der Waals surface area (Å²) >= 11 is 12.6. The fraction of sp³-hybridized carbons (Fsp3) is 0.200. The average Bonchev–Trinajstić information content (AvgIpc) is 2.82. The van der Waals surface area contributed by atoms with Crippen molar-refractivity contribution in [2.24, 2.45) is 0 Å². The molecule has 0 unspecified atom stereocenters. The van der Waals surface area contributed by atoms with E-state index in [9.17, 15) is 4.79 Å². The number of amides is 1. The van der Waals surface area contributed by atoms with Gasteiger partial charge in [-0.15, -0.1) is 0 Å². The lowest BCUT2D eigenvalue weighted by Crippen LogP contribution is -2.27. The zero-order valence-corrected chi connectivity index (χ0v) is 16.6. The maximum atomic E-state index is 12.7. The molecule has 0 spiro atoms. The molecular weight excluding hydrogens is 370 g/mol. The fourth-order valence-electron chi connectivity index (χ4n) is 2.51. The number of thiocarbonyl (C=S) groups is 1. The lowest BCUT2D eigenvalue weighted by Gasteiger charge is -2.18. The van der Waals surface area contributed by atoms with Gasteiger partial charge in [-0.25, -0.2) is 0 Å². The molecule has 0 N–H and O–H groups in total. The van der Waals surface area contributed by atoms with Gasteiger partial charge in [-0.05, 0) is 46.9 Å². The van der Waals surface area contributed by atoms with Gasteiger partial charge in [0, 0.05) is 5.02 Å². The van der Waals surface area contributed by atoms with Crippen molar-refractivity contribution in [2.45, 2.75) is 26.2 Å². The first kappa shape index (κ1) is 18.2. The highest BCUT2D eigenvalue weighted by Gasteiger charge is 2.33. The monoisotopic (exact) mass is 387 g/mol. The predicted octanol–water partition coefficient (Wildman–Crippen LogP) is 6.04. The molecule has 0 aliphatic carbocycles. The van der Waals surface area contributed by atoms with Gasteiger partial charge in [0.05, 0.1) is 10.6 Å². The Morgan fingerprint density at radius 2 is 1.64 bits per heavy atom. The maximum absolute atomic E-state index is 12.7. The summed E-state index contributed by atoms with van der Waals surface area (Å²) in [4.78, 5) is 14.9. The number of benzene rings is 2. The van der Waals surface area contributed by atoms with E-state index in [1.54, 1.807) is 29.2 Å². The summed E-state index contributed by atoms with van der Waals surface area (Å²) in [6.07, 6.45) is 1.89. The van der Waals surface area contributed by atoms with Crippen LogP contribution in [0.15, 0.2) is 53.4 Å². The molecule has 1 aliphatic rings. The normalized spacial score (nSPS) is 16.8. The van der Waals surface area contributed by atoms with E-state index in [1.165, 1.54) is 17.3 Å². The zero-order chi connectivity index (χ0) is 18.2. The lowest BCUT2D eigenvalue weighted by molar-refractivity contribution is -0.113. The van der Waals surface area contributed by atoms with Crippen LogP contribution in [0.1, 0.15) is 31.9 Å². The third-order valence-corrected chi connectivity index (χ3v) is 5.51. The molecule has 0 bridgehead atoms. The molecule has 1 amide bonds. The van der Waals surface area contributed by atoms with E-state index in [0.29, 0.717) is 14.2 Å². The van der Waals surface area contributed by atoms with E-state index in [4.69, 9.17) is 23.8 Å². The van der Waals surface area contributed by atoms with Crippen LogP contribution in [0.2, 0.25) is 5.02 Å². The maximum Gasteiger partial charge on any atom is 0.270 e. The van der Waals surface area contributed by atoms with Crippen LogP contribution in [-0.4, -0.2) is 10.2 Å². The molecule has 0 radical (unpaired) electrons. The van der Waals surface area contributed by atoms with Gasteiger partial charge in [-0.2, -0.15) is 0 Å². The van der Waals surface area contributed by atoms with Crippen molar-refractivity contribution in [1.29, 1.82) is 0 Å². The number of halogens is 1. The quantitative estimate of drug-likeness (QED) is 0.462. The molecule has 2 aromatic rings. The first-order valence-corrected chi connectivity index (χ1v) is 9.50. The summed E-state index contributed by atoms with van der Waals surface area (Å²) in [6, 6.07) is 15.4. The number of hydrogen-bond donors (Lipinski definition) is 0. The van der Waals surface area contributed by atoms with E-state index >= 15 is 0 Å². The minimum absolute atomic E-state index is 0.0998. The van der Waals surface area contributed by atoms with Crippen molar-refractivity contribution in [3.8, 4) is 0 Å². The van der Waals surface area contributed by atoms with Crippen molar-refractivity contribution in [3.63, 3.8) is 0 Å². The molecule has 25 heavy (non-hydrogen) atoms. The van der Waals surface area contributed by atoms with Crippen LogP contribution in [0.3, 0.4) is 0 Å². The van der Waals surface area contributed by atoms with Crippen molar-refractivity contribution in [1.82, 2.24) is 0 Å². The highest BCUT2D eigenvalue weighted by Crippen LogP contribution is 2.36. The number of carbonyl (C=O) groups excluding carboxylic acids is 1. The van der Waals surface area contributed by atoms with Gasteiger partial charge in [0.25, 0.3) is 5.91 Å². The number of thioether (sulfide) groups is 1. The predicted molar refractivity (Wildman–Crippen MR) is 112 cm³/mol. The van der Waals surface area contributed by atoms with Crippen LogP contribution in [0.5, 0.6) is 0 Å². The van der Waals surface area contributed by atoms with Gasteiger partial charge in [0.2, 0.25) is 0 Å². The average molecular weight is 388 g/mol. The standard InChI is InChI=1S/C20H18ClNOS2/c1-20(2,3)14-6-4-13(5-7-14)12-17-18(23)22(19(24)25-17)16-10-8-15(21)9-11-16/h4-12H,1-3H3/b17-12-. The molecular formula is C20H18ClNOS2. The number of hydrogen-bond acceptors (Lipinski definition) is 3. The first-order chi connectivity index (χ1) is 11.8. The number of carbonyl (C=O) groups is 1. The summed E-state index contributed by atoms with van der Waals surface area (Å²) in [6.45, 7) is 6.54. The Hall–Kier alpha value is -1.62. The molecule has 1 fully saturated rings. The molecule has 1 saturated heterocycles. The van der Waals surface area contributed by atoms with Crippen LogP contribution < -0.4 is 4.90 Å². The van der Waals surface area contributed by atoms with E-state index < -0.39 is 0 Å². The highest BCUT2D eigenvalue weighted by atomic mass is 35.5. The summed E-state index contributed by atoms with van der Waals surface area (Å²) in [5, 5.41) is 0.628. The van der Waals surface area contributed by atoms with Gasteiger partial charge in [0.15, 0.2) is 4.32 Å². The third kappa shape index (κ3) is 3.97. The van der Waals surface area contributed by atoms with Gasteiger partial charge < -0.3 is 0 Å². The van der Waals surface area contributed by atoms with E-state index in [0.717, 1.165) is 11.3 Å². The topological polar surface area (TPSA) is 20.3 Å². The van der Waals surface area contributed by atoms with Gasteiger partial charge >= 0.3 is 0 Å². The molecule has 2 nitrogen and oxygen atoms in total. The third-order valence-electron chi connectivity index (χ3n) is 3.95. The molecule has 0 aromatic heterocycles. The molecule has 0 saturated carbocycles. The largest absolute Gasteiger partial charge is 0.270 e. The zero-order valence-electron chi connectivity index (χ0n) is 14.2. The van der Waals surface area contributed by atoms with Crippen LogP contribution in [0.4, 0.5) is 5.69 Å². The Kier molecular flexibility index (Phi) is 5.05. The first-order valence-electron chi connectivity index (χ1n) is 7.90. The second-order valence-electron chi connectivity index (χ2n) is 6.87. The van der Waals surface area contributed by atoms with E-state index in [-0.39, 0.29) is 11.3 Å². The Labute approximate surface area is 162 Å². The molecule has 1 aliphatic heterocycles. The second kappa shape index (κ2) is 6.94. The number of nitrogens with zero attached hydrogens (tertiary/aromatic N) is 1. The number of rotatable bonds is 2. The van der Waals surface area contributed by atoms with Crippen molar-refractivity contribution < 1.29 is 4.79 Å². The minimum Gasteiger partial charge on any atom is -0.268 e. The van der Waals surface area contributed by atoms with Gasteiger partial charge in [-0.3, -0.25) is 9.69 Å². The van der Waals surface area contributed by atoms with E-state index in [1.807, 2.05) is 18.2 Å². The Balaban J connectivity index is 1.86. The second-order valence-corrected chi connectivity index (χ2v) is 8.98. The minimum atomic E-state index is -0.0998. The summed E-state index contributed by atoms with van der Waals surface area (Å²) < 4.78 is 0.532. The lowest BCUT2D eigenvalue weighted by atomic mass is 9.87. The summed E-state index contributed by atoms with van der Waals surface area (Å²) in [7, 11) is 0. The SMILES string of the molecule is CC(C)(C)c1ccc(/C=C2\SC(=S)N(c3ccc(Cl)cc3)C2=O)cc1. The molecule has 2 aromatic carbocycles. The van der Waals surface area contributed by atoms with Crippen LogP contribution in [-0.2, 0) is 10.2 Å². The van der Waals surface area contributed by atoms with Crippen molar-refractivity contribution >= 4 is 57.6 Å². The Bertz CT molecular complexity index is 849.